The van der Waals surface area contributed by atoms with Gasteiger partial charge >= 0.3 is 0 Å². The van der Waals surface area contributed by atoms with Crippen molar-refractivity contribution < 1.29 is 4.42 Å². The predicted molar refractivity (Wildman–Crippen MR) is 211 cm³/mol. The summed E-state index contributed by atoms with van der Waals surface area (Å²) in [7, 11) is 0. The van der Waals surface area contributed by atoms with Crippen LogP contribution in [0.3, 0.4) is 0 Å². The van der Waals surface area contributed by atoms with E-state index in [1.54, 1.807) is 0 Å². The number of hydrogen-bond donors (Lipinski definition) is 0. The minimum absolute atomic E-state index is 0.0424. The van der Waals surface area contributed by atoms with Gasteiger partial charge in [0.25, 0.3) is 0 Å². The van der Waals surface area contributed by atoms with Crippen LogP contribution in [0.4, 0.5) is 0 Å². The largest absolute Gasteiger partial charge is 0.455 e. The standard InChI is InChI=1S/C49H32O/c1-49(2)42-14-8-6-12-36(42)37-23-20-32(28-43(37)49)33-21-16-30-19-25-39-35(22-17-31-18-24-38(33)45(30)46(31)39)40-27-26-34(29-10-4-3-5-11-29)48-47(40)41-13-7-9-15-44(41)50-48/h3-28H,1-2H3. The monoisotopic (exact) mass is 636 g/mol. The van der Waals surface area contributed by atoms with Crippen molar-refractivity contribution in [2.24, 2.45) is 0 Å². The predicted octanol–water partition coefficient (Wildman–Crippen LogP) is 13.8. The summed E-state index contributed by atoms with van der Waals surface area (Å²) in [6, 6.07) is 58.1. The fourth-order valence-corrected chi connectivity index (χ4v) is 9.06. The van der Waals surface area contributed by atoms with Gasteiger partial charge in [-0.15, -0.1) is 0 Å². The molecule has 1 nitrogen and oxygen atoms in total. The SMILES string of the molecule is CC1(C)c2ccccc2-c2ccc(-c3ccc4ccc5c(-c6ccc(-c7ccccc7)c7oc8ccccc8c67)ccc6ccc3c4c65)cc21. The normalized spacial score (nSPS) is 13.6. The summed E-state index contributed by atoms with van der Waals surface area (Å²) in [6.07, 6.45) is 0. The molecule has 10 aromatic rings. The minimum atomic E-state index is -0.0424. The van der Waals surface area contributed by atoms with Crippen LogP contribution in [0.15, 0.2) is 162 Å². The van der Waals surface area contributed by atoms with E-state index in [-0.39, 0.29) is 5.41 Å². The summed E-state index contributed by atoms with van der Waals surface area (Å²) in [5, 5.41) is 10.1. The molecule has 9 aromatic carbocycles. The first kappa shape index (κ1) is 27.7. The highest BCUT2D eigenvalue weighted by molar-refractivity contribution is 6.29. The van der Waals surface area contributed by atoms with Crippen molar-refractivity contribution in [1.82, 2.24) is 0 Å². The Bertz CT molecular complexity index is 2990. The summed E-state index contributed by atoms with van der Waals surface area (Å²) < 4.78 is 6.66. The lowest BCUT2D eigenvalue weighted by Gasteiger charge is -2.22. The van der Waals surface area contributed by atoms with E-state index >= 15 is 0 Å². The molecule has 0 amide bonds. The summed E-state index contributed by atoms with van der Waals surface area (Å²) in [5.74, 6) is 0. The van der Waals surface area contributed by atoms with Crippen molar-refractivity contribution in [3.05, 3.63) is 169 Å². The molecule has 0 saturated heterocycles. The Labute approximate surface area is 290 Å². The number of hydrogen-bond acceptors (Lipinski definition) is 1. The fourth-order valence-electron chi connectivity index (χ4n) is 9.06. The maximum atomic E-state index is 6.66. The van der Waals surface area contributed by atoms with Crippen LogP contribution in [0.2, 0.25) is 0 Å². The number of benzene rings is 9. The first-order valence-corrected chi connectivity index (χ1v) is 17.5. The Kier molecular flexibility index (Phi) is 5.51. The summed E-state index contributed by atoms with van der Waals surface area (Å²) >= 11 is 0. The van der Waals surface area contributed by atoms with Crippen molar-refractivity contribution in [3.63, 3.8) is 0 Å². The van der Waals surface area contributed by atoms with Gasteiger partial charge in [0.1, 0.15) is 11.2 Å². The Hall–Kier alpha value is -6.18. The molecule has 0 saturated carbocycles. The molecule has 1 aliphatic rings. The van der Waals surface area contributed by atoms with Gasteiger partial charge < -0.3 is 4.42 Å². The molecule has 0 fully saturated rings. The third-order valence-corrected chi connectivity index (χ3v) is 11.5. The van der Waals surface area contributed by atoms with Crippen LogP contribution in [0, 0.1) is 0 Å². The molecule has 0 radical (unpaired) electrons. The van der Waals surface area contributed by atoms with E-state index < -0.39 is 0 Å². The molecule has 0 spiro atoms. The topological polar surface area (TPSA) is 13.1 Å². The Morgan fingerprint density at radius 1 is 0.380 bits per heavy atom. The molecule has 0 bridgehead atoms. The Morgan fingerprint density at radius 3 is 1.80 bits per heavy atom. The van der Waals surface area contributed by atoms with Gasteiger partial charge in [-0.1, -0.05) is 153 Å². The van der Waals surface area contributed by atoms with Gasteiger partial charge in [-0.25, -0.2) is 0 Å². The molecule has 1 aliphatic carbocycles. The molecular weight excluding hydrogens is 605 g/mol. The molecule has 234 valence electrons. The van der Waals surface area contributed by atoms with Crippen LogP contribution in [-0.4, -0.2) is 0 Å². The summed E-state index contributed by atoms with van der Waals surface area (Å²) in [6.45, 7) is 4.72. The van der Waals surface area contributed by atoms with E-state index in [0.717, 1.165) is 27.7 Å². The number of rotatable bonds is 3. The second-order valence-corrected chi connectivity index (χ2v) is 14.4. The highest BCUT2D eigenvalue weighted by Gasteiger charge is 2.35. The van der Waals surface area contributed by atoms with E-state index in [9.17, 15) is 0 Å². The first-order valence-electron chi connectivity index (χ1n) is 17.5. The molecular formula is C49H32O. The lowest BCUT2D eigenvalue weighted by atomic mass is 9.81. The quantitative estimate of drug-likeness (QED) is 0.176. The van der Waals surface area contributed by atoms with Crippen LogP contribution in [-0.2, 0) is 5.41 Å². The molecule has 50 heavy (non-hydrogen) atoms. The molecule has 0 N–H and O–H groups in total. The van der Waals surface area contributed by atoms with Crippen LogP contribution < -0.4 is 0 Å². The van der Waals surface area contributed by atoms with Gasteiger partial charge in [0.2, 0.25) is 0 Å². The van der Waals surface area contributed by atoms with Crippen molar-refractivity contribution in [3.8, 4) is 44.5 Å². The van der Waals surface area contributed by atoms with Crippen LogP contribution in [0.25, 0.3) is 98.8 Å². The Balaban J connectivity index is 1.16. The minimum Gasteiger partial charge on any atom is -0.455 e. The average Bonchev–Trinajstić information content (AvgIpc) is 3.66. The number of furan rings is 1. The number of para-hydroxylation sites is 1. The van der Waals surface area contributed by atoms with Gasteiger partial charge in [0.05, 0.1) is 0 Å². The zero-order chi connectivity index (χ0) is 33.1. The average molecular weight is 637 g/mol. The van der Waals surface area contributed by atoms with Crippen molar-refractivity contribution >= 4 is 54.3 Å². The lowest BCUT2D eigenvalue weighted by molar-refractivity contribution is 0.660. The summed E-state index contributed by atoms with van der Waals surface area (Å²) in [4.78, 5) is 0. The maximum absolute atomic E-state index is 6.66. The van der Waals surface area contributed by atoms with E-state index in [4.69, 9.17) is 4.42 Å². The highest BCUT2D eigenvalue weighted by atomic mass is 16.3. The van der Waals surface area contributed by atoms with Crippen LogP contribution in [0.1, 0.15) is 25.0 Å². The second kappa shape index (κ2) is 9.94. The molecule has 0 atom stereocenters. The van der Waals surface area contributed by atoms with Crippen LogP contribution >= 0.6 is 0 Å². The van der Waals surface area contributed by atoms with Crippen molar-refractivity contribution in [1.29, 1.82) is 0 Å². The van der Waals surface area contributed by atoms with Gasteiger partial charge in [0.15, 0.2) is 0 Å². The first-order chi connectivity index (χ1) is 24.6. The molecule has 0 aliphatic heterocycles. The summed E-state index contributed by atoms with van der Waals surface area (Å²) in [5.41, 5.74) is 14.6. The third kappa shape index (κ3) is 3.67. The molecule has 1 aromatic heterocycles. The highest BCUT2D eigenvalue weighted by Crippen LogP contribution is 2.51. The maximum Gasteiger partial charge on any atom is 0.143 e. The van der Waals surface area contributed by atoms with Crippen LogP contribution in [0.5, 0.6) is 0 Å². The lowest BCUT2D eigenvalue weighted by Crippen LogP contribution is -2.14. The zero-order valence-corrected chi connectivity index (χ0v) is 27.9. The number of fused-ring (bicyclic) bond motifs is 6. The van der Waals surface area contributed by atoms with Crippen molar-refractivity contribution in [2.45, 2.75) is 19.3 Å². The van der Waals surface area contributed by atoms with Gasteiger partial charge in [-0.2, -0.15) is 0 Å². The molecule has 0 unspecified atom stereocenters. The molecule has 1 heteroatoms. The fraction of sp³-hybridized carbons (Fsp3) is 0.0612. The van der Waals surface area contributed by atoms with E-state index in [1.165, 1.54) is 82.2 Å². The van der Waals surface area contributed by atoms with Gasteiger partial charge in [-0.3, -0.25) is 0 Å². The molecule has 1 heterocycles. The van der Waals surface area contributed by atoms with E-state index in [0.29, 0.717) is 0 Å². The van der Waals surface area contributed by atoms with E-state index in [2.05, 4.69) is 172 Å². The van der Waals surface area contributed by atoms with Crippen molar-refractivity contribution in [2.75, 3.05) is 0 Å². The van der Waals surface area contributed by atoms with Gasteiger partial charge in [-0.05, 0) is 101 Å². The Morgan fingerprint density at radius 2 is 0.980 bits per heavy atom. The molecule has 11 rings (SSSR count). The van der Waals surface area contributed by atoms with E-state index in [1.807, 2.05) is 0 Å². The second-order valence-electron chi connectivity index (χ2n) is 14.4. The third-order valence-electron chi connectivity index (χ3n) is 11.5. The smallest absolute Gasteiger partial charge is 0.143 e. The zero-order valence-electron chi connectivity index (χ0n) is 27.9. The van der Waals surface area contributed by atoms with Gasteiger partial charge in [0, 0.05) is 21.8 Å².